The molecule has 0 saturated heterocycles. The van der Waals surface area contributed by atoms with Crippen molar-refractivity contribution in [3.8, 4) is 22.3 Å². The van der Waals surface area contributed by atoms with Crippen LogP contribution in [-0.2, 0) is 0 Å². The third-order valence-corrected chi connectivity index (χ3v) is 5.34. The molecule has 0 unspecified atom stereocenters. The summed E-state index contributed by atoms with van der Waals surface area (Å²) in [5, 5.41) is 3.58. The van der Waals surface area contributed by atoms with Gasteiger partial charge in [0, 0.05) is 22.5 Å². The van der Waals surface area contributed by atoms with Crippen LogP contribution in [0, 0.1) is 13.8 Å². The zero-order chi connectivity index (χ0) is 20.2. The molecule has 0 fully saturated rings. The van der Waals surface area contributed by atoms with Gasteiger partial charge >= 0.3 is 0 Å². The summed E-state index contributed by atoms with van der Waals surface area (Å²) >= 11 is 0. The second kappa shape index (κ2) is 8.15. The predicted octanol–water partition coefficient (Wildman–Crippen LogP) is 7.19. The normalized spacial score (nSPS) is 10.6. The van der Waals surface area contributed by atoms with Crippen molar-refractivity contribution in [2.75, 3.05) is 5.32 Å². The summed E-state index contributed by atoms with van der Waals surface area (Å²) in [4.78, 5) is 11.0. The SMILES string of the molecule is Cc1ccc(Nc2ccc(-c3ccccc3)cc2)c(-c2ccc(C=O)cc2)c1C. The maximum atomic E-state index is 11.0. The average Bonchev–Trinajstić information content (AvgIpc) is 2.78. The smallest absolute Gasteiger partial charge is 0.150 e. The number of hydrogen-bond donors (Lipinski definition) is 1. The highest BCUT2D eigenvalue weighted by Crippen LogP contribution is 2.35. The van der Waals surface area contributed by atoms with Gasteiger partial charge in [0.05, 0.1) is 0 Å². The fraction of sp³-hybridized carbons (Fsp3) is 0.0741. The van der Waals surface area contributed by atoms with Gasteiger partial charge in [0.1, 0.15) is 6.29 Å². The van der Waals surface area contributed by atoms with Gasteiger partial charge in [-0.3, -0.25) is 4.79 Å². The molecule has 0 atom stereocenters. The standard InChI is InChI=1S/C27H23NO/c1-19-8-17-26(27(20(19)2)24-11-9-21(18-29)10-12-24)28-25-15-13-23(14-16-25)22-6-4-3-5-7-22/h3-18,28H,1-2H3. The summed E-state index contributed by atoms with van der Waals surface area (Å²) in [5.41, 5.74) is 9.92. The third kappa shape index (κ3) is 3.97. The van der Waals surface area contributed by atoms with Crippen molar-refractivity contribution < 1.29 is 4.79 Å². The van der Waals surface area contributed by atoms with Gasteiger partial charge in [0.15, 0.2) is 0 Å². The molecule has 29 heavy (non-hydrogen) atoms. The van der Waals surface area contributed by atoms with E-state index in [1.807, 2.05) is 30.3 Å². The Morgan fingerprint density at radius 2 is 1.28 bits per heavy atom. The first-order valence-corrected chi connectivity index (χ1v) is 9.74. The maximum absolute atomic E-state index is 11.0. The van der Waals surface area contributed by atoms with E-state index in [-0.39, 0.29) is 0 Å². The van der Waals surface area contributed by atoms with E-state index in [2.05, 4.69) is 79.8 Å². The van der Waals surface area contributed by atoms with Crippen molar-refractivity contribution in [1.82, 2.24) is 0 Å². The molecule has 0 aliphatic rings. The summed E-state index contributed by atoms with van der Waals surface area (Å²) in [5.74, 6) is 0. The van der Waals surface area contributed by atoms with E-state index in [0.29, 0.717) is 5.56 Å². The van der Waals surface area contributed by atoms with Crippen LogP contribution in [0.2, 0.25) is 0 Å². The van der Waals surface area contributed by atoms with Crippen molar-refractivity contribution in [3.05, 3.63) is 108 Å². The zero-order valence-electron chi connectivity index (χ0n) is 16.6. The van der Waals surface area contributed by atoms with Gasteiger partial charge in [-0.2, -0.15) is 0 Å². The largest absolute Gasteiger partial charge is 0.355 e. The Labute approximate surface area is 171 Å². The van der Waals surface area contributed by atoms with Gasteiger partial charge < -0.3 is 5.32 Å². The molecule has 0 aromatic heterocycles. The second-order valence-corrected chi connectivity index (χ2v) is 7.24. The number of carbonyl (C=O) groups excluding carboxylic acids is 1. The molecule has 0 aliphatic carbocycles. The fourth-order valence-electron chi connectivity index (χ4n) is 3.55. The van der Waals surface area contributed by atoms with Crippen molar-refractivity contribution >= 4 is 17.7 Å². The minimum Gasteiger partial charge on any atom is -0.355 e. The molecule has 4 rings (SSSR count). The number of aldehydes is 1. The van der Waals surface area contributed by atoms with E-state index in [1.54, 1.807) is 0 Å². The molecule has 142 valence electrons. The lowest BCUT2D eigenvalue weighted by molar-refractivity contribution is 0.112. The number of aryl methyl sites for hydroxylation is 1. The van der Waals surface area contributed by atoms with E-state index < -0.39 is 0 Å². The highest BCUT2D eigenvalue weighted by molar-refractivity contribution is 5.86. The summed E-state index contributed by atoms with van der Waals surface area (Å²) in [6.45, 7) is 4.26. The average molecular weight is 377 g/mol. The number of benzene rings is 4. The predicted molar refractivity (Wildman–Crippen MR) is 122 cm³/mol. The lowest BCUT2D eigenvalue weighted by atomic mass is 9.94. The van der Waals surface area contributed by atoms with Gasteiger partial charge in [0.2, 0.25) is 0 Å². The van der Waals surface area contributed by atoms with Gasteiger partial charge in [-0.15, -0.1) is 0 Å². The highest BCUT2D eigenvalue weighted by atomic mass is 16.1. The van der Waals surface area contributed by atoms with Gasteiger partial charge in [0.25, 0.3) is 0 Å². The Kier molecular flexibility index (Phi) is 5.26. The topological polar surface area (TPSA) is 29.1 Å². The van der Waals surface area contributed by atoms with Crippen LogP contribution >= 0.6 is 0 Å². The van der Waals surface area contributed by atoms with Crippen LogP contribution in [-0.4, -0.2) is 6.29 Å². The van der Waals surface area contributed by atoms with Crippen LogP contribution in [0.25, 0.3) is 22.3 Å². The van der Waals surface area contributed by atoms with Crippen LogP contribution in [0.15, 0.2) is 91.0 Å². The first-order chi connectivity index (χ1) is 14.2. The molecule has 4 aromatic carbocycles. The number of rotatable bonds is 5. The Hall–Kier alpha value is -3.65. The first kappa shape index (κ1) is 18.7. The molecule has 4 aromatic rings. The summed E-state index contributed by atoms with van der Waals surface area (Å²) in [6, 6.07) is 30.9. The first-order valence-electron chi connectivity index (χ1n) is 9.74. The number of carbonyl (C=O) groups is 1. The van der Waals surface area contributed by atoms with Crippen molar-refractivity contribution in [1.29, 1.82) is 0 Å². The van der Waals surface area contributed by atoms with Crippen LogP contribution in [0.4, 0.5) is 11.4 Å². The van der Waals surface area contributed by atoms with Crippen LogP contribution < -0.4 is 5.32 Å². The summed E-state index contributed by atoms with van der Waals surface area (Å²) in [6.07, 6.45) is 0.875. The Bertz CT molecular complexity index is 1130. The molecule has 1 N–H and O–H groups in total. The molecular weight excluding hydrogens is 354 g/mol. The number of anilines is 2. The van der Waals surface area contributed by atoms with Gasteiger partial charge in [-0.1, -0.05) is 72.8 Å². The van der Waals surface area contributed by atoms with Gasteiger partial charge in [-0.05, 0) is 59.9 Å². The quantitative estimate of drug-likeness (QED) is 0.373. The van der Waals surface area contributed by atoms with E-state index in [4.69, 9.17) is 0 Å². The van der Waals surface area contributed by atoms with Gasteiger partial charge in [-0.25, -0.2) is 0 Å². The molecular formula is C27H23NO. The molecule has 0 spiro atoms. The number of hydrogen-bond acceptors (Lipinski definition) is 2. The minimum absolute atomic E-state index is 0.685. The second-order valence-electron chi connectivity index (χ2n) is 7.24. The van der Waals surface area contributed by atoms with E-state index in [0.717, 1.165) is 28.8 Å². The summed E-state index contributed by atoms with van der Waals surface area (Å²) < 4.78 is 0. The maximum Gasteiger partial charge on any atom is 0.150 e. The van der Waals surface area contributed by atoms with Crippen LogP contribution in [0.5, 0.6) is 0 Å². The lowest BCUT2D eigenvalue weighted by Gasteiger charge is -2.17. The highest BCUT2D eigenvalue weighted by Gasteiger charge is 2.11. The zero-order valence-corrected chi connectivity index (χ0v) is 16.6. The molecule has 0 bridgehead atoms. The molecule has 2 heteroatoms. The molecule has 2 nitrogen and oxygen atoms in total. The Morgan fingerprint density at radius 1 is 0.655 bits per heavy atom. The van der Waals surface area contributed by atoms with Crippen LogP contribution in [0.3, 0.4) is 0 Å². The Morgan fingerprint density at radius 3 is 1.93 bits per heavy atom. The Balaban J connectivity index is 1.68. The van der Waals surface area contributed by atoms with Crippen molar-refractivity contribution in [2.45, 2.75) is 13.8 Å². The van der Waals surface area contributed by atoms with E-state index in [9.17, 15) is 4.79 Å². The van der Waals surface area contributed by atoms with Crippen LogP contribution in [0.1, 0.15) is 21.5 Å². The molecule has 0 radical (unpaired) electrons. The third-order valence-electron chi connectivity index (χ3n) is 5.34. The van der Waals surface area contributed by atoms with E-state index in [1.165, 1.54) is 22.3 Å². The molecule has 0 saturated carbocycles. The fourth-order valence-corrected chi connectivity index (χ4v) is 3.55. The van der Waals surface area contributed by atoms with Crippen molar-refractivity contribution in [2.24, 2.45) is 0 Å². The molecule has 0 heterocycles. The minimum atomic E-state index is 0.685. The summed E-state index contributed by atoms with van der Waals surface area (Å²) in [7, 11) is 0. The lowest BCUT2D eigenvalue weighted by Crippen LogP contribution is -1.97. The van der Waals surface area contributed by atoms with Crippen molar-refractivity contribution in [3.63, 3.8) is 0 Å². The monoisotopic (exact) mass is 377 g/mol. The van der Waals surface area contributed by atoms with E-state index >= 15 is 0 Å². The molecule has 0 amide bonds. The number of nitrogens with one attached hydrogen (secondary N) is 1. The molecule has 0 aliphatic heterocycles.